The molecule has 3 amide bonds. The second kappa shape index (κ2) is 7.05. The van der Waals surface area contributed by atoms with E-state index >= 15 is 0 Å². The fourth-order valence-corrected chi connectivity index (χ4v) is 3.99. The smallest absolute Gasteiger partial charge is 0.410 e. The molecule has 0 spiro atoms. The van der Waals surface area contributed by atoms with Crippen molar-refractivity contribution in [1.82, 2.24) is 9.80 Å². The Balaban J connectivity index is 1.55. The number of rotatable bonds is 3. The Morgan fingerprint density at radius 2 is 2.00 bits per heavy atom. The second-order valence-corrected chi connectivity index (χ2v) is 7.48. The number of fused-ring (bicyclic) bond motifs is 1. The van der Waals surface area contributed by atoms with E-state index in [0.717, 1.165) is 0 Å². The predicted molar refractivity (Wildman–Crippen MR) is 96.1 cm³/mol. The Hall–Kier alpha value is -2.68. The Bertz CT molecular complexity index is 801. The van der Waals surface area contributed by atoms with E-state index in [0.29, 0.717) is 25.2 Å². The van der Waals surface area contributed by atoms with Gasteiger partial charge in [-0.25, -0.2) is 9.18 Å². The Morgan fingerprint density at radius 3 is 2.68 bits per heavy atom. The number of carbonyl (C=O) groups excluding carboxylic acids is 3. The van der Waals surface area contributed by atoms with E-state index in [2.05, 4.69) is 0 Å². The molecule has 0 radical (unpaired) electrons. The molecule has 0 aliphatic carbocycles. The van der Waals surface area contributed by atoms with Crippen molar-refractivity contribution in [3.63, 3.8) is 0 Å². The molecule has 3 saturated heterocycles. The van der Waals surface area contributed by atoms with Gasteiger partial charge < -0.3 is 19.3 Å². The van der Waals surface area contributed by atoms with Gasteiger partial charge in [-0.05, 0) is 37.6 Å². The van der Waals surface area contributed by atoms with Crippen LogP contribution in [0.25, 0.3) is 0 Å². The van der Waals surface area contributed by atoms with Crippen LogP contribution in [0.1, 0.15) is 13.3 Å². The van der Waals surface area contributed by atoms with Crippen molar-refractivity contribution in [2.24, 2.45) is 0 Å². The number of benzene rings is 1. The molecule has 3 heterocycles. The topological polar surface area (TPSA) is 79.4 Å². The lowest BCUT2D eigenvalue weighted by Gasteiger charge is -2.52. The molecule has 3 fully saturated rings. The van der Waals surface area contributed by atoms with Gasteiger partial charge in [-0.15, -0.1) is 0 Å². The van der Waals surface area contributed by atoms with E-state index in [4.69, 9.17) is 9.47 Å². The highest BCUT2D eigenvalue weighted by atomic mass is 19.1. The number of likely N-dealkylation sites (tertiary alicyclic amines) is 1. The molecule has 0 saturated carbocycles. The summed E-state index contributed by atoms with van der Waals surface area (Å²) in [4.78, 5) is 41.6. The van der Waals surface area contributed by atoms with Crippen LogP contribution in [0.3, 0.4) is 0 Å². The van der Waals surface area contributed by atoms with Crippen LogP contribution >= 0.6 is 0 Å². The van der Waals surface area contributed by atoms with Gasteiger partial charge in [0.05, 0.1) is 18.2 Å². The lowest BCUT2D eigenvalue weighted by atomic mass is 9.85. The first-order valence-corrected chi connectivity index (χ1v) is 9.28. The molecule has 3 aliphatic rings. The summed E-state index contributed by atoms with van der Waals surface area (Å²) in [6.45, 7) is 3.25. The standard InChI is InChI=1S/C19H22FN3O5/c1-19-6-7-21(16(24)11-22-8-9-27-18(22)26)10-15(19)23(17(25)12-28-19)14-4-2-13(20)3-5-14/h2-5,15H,6-12H2,1H3/t15-,19-/m1/s1. The zero-order valence-corrected chi connectivity index (χ0v) is 15.6. The number of nitrogens with zero attached hydrogens (tertiary/aromatic N) is 3. The van der Waals surface area contributed by atoms with Crippen molar-refractivity contribution in [3.05, 3.63) is 30.1 Å². The van der Waals surface area contributed by atoms with Crippen molar-refractivity contribution in [2.75, 3.05) is 44.3 Å². The molecule has 4 rings (SSSR count). The van der Waals surface area contributed by atoms with Gasteiger partial charge in [0.1, 0.15) is 25.6 Å². The largest absolute Gasteiger partial charge is 0.448 e. The molecular weight excluding hydrogens is 369 g/mol. The van der Waals surface area contributed by atoms with Crippen LogP contribution in [0.5, 0.6) is 0 Å². The zero-order valence-electron chi connectivity index (χ0n) is 15.6. The second-order valence-electron chi connectivity index (χ2n) is 7.48. The number of anilines is 1. The number of halogens is 1. The van der Waals surface area contributed by atoms with Crippen LogP contribution in [0, 0.1) is 5.82 Å². The monoisotopic (exact) mass is 391 g/mol. The van der Waals surface area contributed by atoms with Crippen LogP contribution < -0.4 is 4.90 Å². The molecule has 150 valence electrons. The summed E-state index contributed by atoms with van der Waals surface area (Å²) < 4.78 is 24.0. The highest BCUT2D eigenvalue weighted by Gasteiger charge is 2.50. The molecule has 0 bridgehead atoms. The summed E-state index contributed by atoms with van der Waals surface area (Å²) in [5.41, 5.74) is -0.0330. The van der Waals surface area contributed by atoms with Gasteiger partial charge in [0.25, 0.3) is 5.91 Å². The van der Waals surface area contributed by atoms with Crippen molar-refractivity contribution >= 4 is 23.6 Å². The molecule has 1 aromatic rings. The summed E-state index contributed by atoms with van der Waals surface area (Å²) in [7, 11) is 0. The summed E-state index contributed by atoms with van der Waals surface area (Å²) in [5.74, 6) is -0.811. The van der Waals surface area contributed by atoms with Crippen molar-refractivity contribution in [1.29, 1.82) is 0 Å². The normalized spacial score (nSPS) is 27.6. The third-order valence-electron chi connectivity index (χ3n) is 5.71. The first-order valence-electron chi connectivity index (χ1n) is 9.28. The summed E-state index contributed by atoms with van der Waals surface area (Å²) in [6.07, 6.45) is 0.0676. The number of amides is 3. The molecule has 0 aromatic heterocycles. The molecular formula is C19H22FN3O5. The Morgan fingerprint density at radius 1 is 1.25 bits per heavy atom. The van der Waals surface area contributed by atoms with Gasteiger partial charge >= 0.3 is 6.09 Å². The van der Waals surface area contributed by atoms with E-state index < -0.39 is 17.7 Å². The minimum atomic E-state index is -0.606. The number of ether oxygens (including phenoxy) is 2. The van der Waals surface area contributed by atoms with Crippen LogP contribution in [0.4, 0.5) is 14.9 Å². The number of cyclic esters (lactones) is 1. The van der Waals surface area contributed by atoms with Crippen LogP contribution in [0.2, 0.25) is 0 Å². The van der Waals surface area contributed by atoms with Crippen molar-refractivity contribution in [3.8, 4) is 0 Å². The summed E-state index contributed by atoms with van der Waals surface area (Å²) >= 11 is 0. The van der Waals surface area contributed by atoms with E-state index in [1.54, 1.807) is 21.9 Å². The number of morpholine rings is 1. The van der Waals surface area contributed by atoms with Crippen molar-refractivity contribution < 1.29 is 28.2 Å². The molecule has 8 nitrogen and oxygen atoms in total. The lowest BCUT2D eigenvalue weighted by molar-refractivity contribution is -0.156. The average Bonchev–Trinajstić information content (AvgIpc) is 3.07. The van der Waals surface area contributed by atoms with Crippen LogP contribution in [0.15, 0.2) is 24.3 Å². The number of hydrogen-bond donors (Lipinski definition) is 0. The third-order valence-corrected chi connectivity index (χ3v) is 5.71. The zero-order chi connectivity index (χ0) is 19.9. The molecule has 28 heavy (non-hydrogen) atoms. The lowest BCUT2D eigenvalue weighted by Crippen LogP contribution is -2.68. The quantitative estimate of drug-likeness (QED) is 0.768. The van der Waals surface area contributed by atoms with Crippen LogP contribution in [-0.2, 0) is 19.1 Å². The predicted octanol–water partition coefficient (Wildman–Crippen LogP) is 1.00. The first-order chi connectivity index (χ1) is 13.4. The maximum atomic E-state index is 13.3. The molecule has 0 unspecified atom stereocenters. The molecule has 3 aliphatic heterocycles. The van der Waals surface area contributed by atoms with Crippen LogP contribution in [-0.4, -0.2) is 78.7 Å². The Kier molecular flexibility index (Phi) is 4.70. The van der Waals surface area contributed by atoms with Gasteiger partial charge in [-0.2, -0.15) is 0 Å². The van der Waals surface area contributed by atoms with E-state index in [1.165, 1.54) is 17.0 Å². The highest BCUT2D eigenvalue weighted by molar-refractivity contribution is 5.96. The van der Waals surface area contributed by atoms with Gasteiger partial charge in [0, 0.05) is 18.8 Å². The van der Waals surface area contributed by atoms with Gasteiger partial charge in [-0.1, -0.05) is 0 Å². The maximum absolute atomic E-state index is 13.3. The van der Waals surface area contributed by atoms with Crippen molar-refractivity contribution in [2.45, 2.75) is 25.0 Å². The number of piperidine rings is 1. The van der Waals surface area contributed by atoms with Gasteiger partial charge in [0.2, 0.25) is 5.91 Å². The van der Waals surface area contributed by atoms with E-state index in [-0.39, 0.29) is 43.9 Å². The SMILES string of the molecule is C[C@@]12CCN(C(=O)CN3CCOC3=O)C[C@H]1N(c1ccc(F)cc1)C(=O)CO2. The summed E-state index contributed by atoms with van der Waals surface area (Å²) in [6, 6.07) is 5.32. The van der Waals surface area contributed by atoms with E-state index in [1.807, 2.05) is 6.92 Å². The fourth-order valence-electron chi connectivity index (χ4n) is 3.99. The third kappa shape index (κ3) is 3.30. The maximum Gasteiger partial charge on any atom is 0.410 e. The average molecular weight is 391 g/mol. The minimum Gasteiger partial charge on any atom is -0.448 e. The van der Waals surface area contributed by atoms with Gasteiger partial charge in [0.15, 0.2) is 0 Å². The van der Waals surface area contributed by atoms with E-state index in [9.17, 15) is 18.8 Å². The molecule has 2 atom stereocenters. The molecule has 0 N–H and O–H groups in total. The fraction of sp³-hybridized carbons (Fsp3) is 0.526. The van der Waals surface area contributed by atoms with Gasteiger partial charge in [-0.3, -0.25) is 14.5 Å². The minimum absolute atomic E-state index is 0.0480. The number of hydrogen-bond acceptors (Lipinski definition) is 5. The summed E-state index contributed by atoms with van der Waals surface area (Å²) in [5, 5.41) is 0. The highest BCUT2D eigenvalue weighted by Crippen LogP contribution is 2.36. The Labute approximate surface area is 161 Å². The molecule has 9 heteroatoms. The number of carbonyl (C=O) groups is 3. The first kappa shape index (κ1) is 18.7. The molecule has 1 aromatic carbocycles.